The van der Waals surface area contributed by atoms with Gasteiger partial charge in [-0.1, -0.05) is 18.2 Å². The van der Waals surface area contributed by atoms with Crippen LogP contribution >= 0.6 is 0 Å². The third-order valence-electron chi connectivity index (χ3n) is 5.58. The minimum absolute atomic E-state index is 0.123. The predicted molar refractivity (Wildman–Crippen MR) is 121 cm³/mol. The van der Waals surface area contributed by atoms with Crippen LogP contribution in [-0.4, -0.2) is 69.5 Å². The number of sulfonamides is 1. The Hall–Kier alpha value is -3.83. The van der Waals surface area contributed by atoms with Gasteiger partial charge in [0.15, 0.2) is 0 Å². The Balaban J connectivity index is 1.33. The summed E-state index contributed by atoms with van der Waals surface area (Å²) in [5.74, 6) is -0.354. The Labute approximate surface area is 189 Å². The summed E-state index contributed by atoms with van der Waals surface area (Å²) in [5, 5.41) is 4.76. The molecule has 1 aliphatic rings. The van der Waals surface area contributed by atoms with Crippen molar-refractivity contribution in [2.75, 3.05) is 26.2 Å². The van der Waals surface area contributed by atoms with Crippen molar-refractivity contribution in [1.82, 2.24) is 29.0 Å². The number of aromatic amines is 1. The second-order valence-electron chi connectivity index (χ2n) is 7.55. The number of rotatable bonds is 4. The molecule has 168 valence electrons. The molecule has 10 nitrogen and oxygen atoms in total. The molecule has 0 atom stereocenters. The van der Waals surface area contributed by atoms with Crippen molar-refractivity contribution in [3.05, 3.63) is 83.0 Å². The number of hydrogen-bond acceptors (Lipinski definition) is 6. The molecule has 0 spiro atoms. The summed E-state index contributed by atoms with van der Waals surface area (Å²) in [6.07, 6.45) is 3.04. The summed E-state index contributed by atoms with van der Waals surface area (Å²) in [5.41, 5.74) is 0.838. The van der Waals surface area contributed by atoms with Gasteiger partial charge in [-0.15, -0.1) is 0 Å². The number of aromatic nitrogens is 4. The Morgan fingerprint density at radius 1 is 0.939 bits per heavy atom. The van der Waals surface area contributed by atoms with Gasteiger partial charge in [-0.05, 0) is 30.3 Å². The quantitative estimate of drug-likeness (QED) is 0.485. The molecule has 1 fully saturated rings. The van der Waals surface area contributed by atoms with E-state index in [0.29, 0.717) is 16.7 Å². The number of pyridine rings is 1. The first-order valence-corrected chi connectivity index (χ1v) is 11.8. The molecule has 4 aromatic rings. The highest BCUT2D eigenvalue weighted by atomic mass is 32.2. The molecule has 0 unspecified atom stereocenters. The minimum atomic E-state index is -3.74. The van der Waals surface area contributed by atoms with Gasteiger partial charge in [0.05, 0.1) is 5.69 Å². The highest BCUT2D eigenvalue weighted by molar-refractivity contribution is 7.89. The van der Waals surface area contributed by atoms with Crippen LogP contribution in [0.15, 0.2) is 76.7 Å². The lowest BCUT2D eigenvalue weighted by molar-refractivity contribution is 0.0690. The highest BCUT2D eigenvalue weighted by Gasteiger charge is 2.32. The standard InChI is InChI=1S/C22H20N6O4S/c29-20-9-8-18(25-28(20)16-5-2-1-3-6-16)22(30)26-11-13-27(14-12-26)33(31,32)19-15-24-21-17(19)7-4-10-23-21/h1-10,15H,11-14H2,(H,23,24). The van der Waals surface area contributed by atoms with E-state index in [0.717, 1.165) is 0 Å². The number of amides is 1. The van der Waals surface area contributed by atoms with Gasteiger partial charge in [-0.25, -0.2) is 13.4 Å². The number of carbonyl (C=O) groups excluding carboxylic acids is 1. The number of piperazine rings is 1. The molecule has 0 saturated carbocycles. The zero-order chi connectivity index (χ0) is 23.0. The van der Waals surface area contributed by atoms with Crippen LogP contribution in [0.4, 0.5) is 0 Å². The van der Waals surface area contributed by atoms with Gasteiger partial charge in [-0.2, -0.15) is 14.1 Å². The van der Waals surface area contributed by atoms with Gasteiger partial charge >= 0.3 is 0 Å². The van der Waals surface area contributed by atoms with Crippen LogP contribution in [0.2, 0.25) is 0 Å². The van der Waals surface area contributed by atoms with Crippen molar-refractivity contribution in [2.24, 2.45) is 0 Å². The molecule has 33 heavy (non-hydrogen) atoms. The zero-order valence-corrected chi connectivity index (χ0v) is 18.3. The van der Waals surface area contributed by atoms with Crippen molar-refractivity contribution < 1.29 is 13.2 Å². The molecule has 4 heterocycles. The van der Waals surface area contributed by atoms with Crippen LogP contribution in [0.3, 0.4) is 0 Å². The van der Waals surface area contributed by atoms with E-state index < -0.39 is 10.0 Å². The van der Waals surface area contributed by atoms with Gasteiger partial charge < -0.3 is 9.88 Å². The SMILES string of the molecule is O=C(c1ccc(=O)n(-c2ccccc2)n1)N1CCN(S(=O)(=O)c2c[nH]c3ncccc23)CC1. The highest BCUT2D eigenvalue weighted by Crippen LogP contribution is 2.25. The fraction of sp³-hybridized carbons (Fsp3) is 0.182. The third kappa shape index (κ3) is 3.81. The predicted octanol–water partition coefficient (Wildman–Crippen LogP) is 1.26. The summed E-state index contributed by atoms with van der Waals surface area (Å²) in [6.45, 7) is 0.730. The molecule has 3 aromatic heterocycles. The van der Waals surface area contributed by atoms with Gasteiger partial charge in [-0.3, -0.25) is 9.59 Å². The maximum Gasteiger partial charge on any atom is 0.274 e. The topological polar surface area (TPSA) is 121 Å². The summed E-state index contributed by atoms with van der Waals surface area (Å²) in [4.78, 5) is 34.0. The number of nitrogens with one attached hydrogen (secondary N) is 1. The van der Waals surface area contributed by atoms with E-state index in [4.69, 9.17) is 0 Å². The fourth-order valence-corrected chi connectivity index (χ4v) is 5.43. The van der Waals surface area contributed by atoms with E-state index in [1.54, 1.807) is 47.5 Å². The van der Waals surface area contributed by atoms with Gasteiger partial charge in [0.2, 0.25) is 10.0 Å². The second kappa shape index (κ2) is 8.26. The lowest BCUT2D eigenvalue weighted by Gasteiger charge is -2.33. The molecular weight excluding hydrogens is 444 g/mol. The average molecular weight is 465 g/mol. The number of hydrogen-bond donors (Lipinski definition) is 1. The molecule has 0 radical (unpaired) electrons. The van der Waals surface area contributed by atoms with Crippen molar-refractivity contribution in [3.63, 3.8) is 0 Å². The largest absolute Gasteiger partial charge is 0.345 e. The van der Waals surface area contributed by atoms with E-state index in [1.165, 1.54) is 27.3 Å². The molecule has 5 rings (SSSR count). The molecule has 1 saturated heterocycles. The van der Waals surface area contributed by atoms with Crippen LogP contribution < -0.4 is 5.56 Å². The van der Waals surface area contributed by atoms with Gasteiger partial charge in [0.25, 0.3) is 11.5 Å². The number of H-pyrrole nitrogens is 1. The summed E-state index contributed by atoms with van der Waals surface area (Å²) < 4.78 is 28.9. The normalized spacial score (nSPS) is 15.1. The maximum atomic E-state index is 13.2. The van der Waals surface area contributed by atoms with E-state index in [2.05, 4.69) is 15.1 Å². The summed E-state index contributed by atoms with van der Waals surface area (Å²) in [7, 11) is -3.74. The van der Waals surface area contributed by atoms with Crippen LogP contribution in [0.1, 0.15) is 10.5 Å². The molecule has 1 aliphatic heterocycles. The lowest BCUT2D eigenvalue weighted by Crippen LogP contribution is -2.50. The van der Waals surface area contributed by atoms with Gasteiger partial charge in [0.1, 0.15) is 16.2 Å². The van der Waals surface area contributed by atoms with Crippen LogP contribution in [-0.2, 0) is 10.0 Å². The molecular formula is C22H20N6O4S. The zero-order valence-electron chi connectivity index (χ0n) is 17.5. The van der Waals surface area contributed by atoms with Crippen molar-refractivity contribution >= 4 is 27.0 Å². The van der Waals surface area contributed by atoms with Crippen molar-refractivity contribution in [1.29, 1.82) is 0 Å². The molecule has 0 aliphatic carbocycles. The van der Waals surface area contributed by atoms with Crippen LogP contribution in [0, 0.1) is 0 Å². The summed E-state index contributed by atoms with van der Waals surface area (Å²) >= 11 is 0. The van der Waals surface area contributed by atoms with Crippen LogP contribution in [0.25, 0.3) is 16.7 Å². The summed E-state index contributed by atoms with van der Waals surface area (Å²) in [6, 6.07) is 14.9. The van der Waals surface area contributed by atoms with E-state index in [-0.39, 0.29) is 48.2 Å². The Morgan fingerprint density at radius 2 is 1.70 bits per heavy atom. The fourth-order valence-electron chi connectivity index (χ4n) is 3.86. The van der Waals surface area contributed by atoms with Crippen molar-refractivity contribution in [2.45, 2.75) is 4.90 Å². The van der Waals surface area contributed by atoms with Crippen LogP contribution in [0.5, 0.6) is 0 Å². The molecule has 1 aromatic carbocycles. The number of fused-ring (bicyclic) bond motifs is 1. The maximum absolute atomic E-state index is 13.2. The van der Waals surface area contributed by atoms with Crippen molar-refractivity contribution in [3.8, 4) is 5.69 Å². The third-order valence-corrected chi connectivity index (χ3v) is 7.52. The monoisotopic (exact) mass is 464 g/mol. The Morgan fingerprint density at radius 3 is 2.45 bits per heavy atom. The lowest BCUT2D eigenvalue weighted by atomic mass is 10.3. The van der Waals surface area contributed by atoms with E-state index in [9.17, 15) is 18.0 Å². The number of para-hydroxylation sites is 1. The first-order chi connectivity index (χ1) is 15.9. The van der Waals surface area contributed by atoms with Gasteiger partial charge in [0, 0.05) is 50.0 Å². The minimum Gasteiger partial charge on any atom is -0.345 e. The Bertz CT molecular complexity index is 1490. The number of carbonyl (C=O) groups is 1. The van der Waals surface area contributed by atoms with E-state index in [1.807, 2.05) is 6.07 Å². The molecule has 11 heteroatoms. The molecule has 1 amide bonds. The smallest absolute Gasteiger partial charge is 0.274 e. The molecule has 1 N–H and O–H groups in total. The number of benzene rings is 1. The average Bonchev–Trinajstić information content (AvgIpc) is 3.30. The Kier molecular flexibility index (Phi) is 5.27. The first-order valence-electron chi connectivity index (χ1n) is 10.3. The molecule has 0 bridgehead atoms. The van der Waals surface area contributed by atoms with E-state index >= 15 is 0 Å². The second-order valence-corrected chi connectivity index (χ2v) is 9.46. The first kappa shape index (κ1) is 21.0. The number of nitrogens with zero attached hydrogens (tertiary/aromatic N) is 5.